The van der Waals surface area contributed by atoms with Crippen molar-refractivity contribution in [2.75, 3.05) is 0 Å². The first-order valence-electron chi connectivity index (χ1n) is 6.73. The molecule has 5 nitrogen and oxygen atoms in total. The lowest BCUT2D eigenvalue weighted by Crippen LogP contribution is -2.21. The van der Waals surface area contributed by atoms with E-state index >= 15 is 0 Å². The molecule has 2 heterocycles. The predicted molar refractivity (Wildman–Crippen MR) is 77.2 cm³/mol. The molecular formula is C13H21N5S. The number of hydrogen-bond acceptors (Lipinski definition) is 5. The molecule has 0 unspecified atom stereocenters. The van der Waals surface area contributed by atoms with Crippen LogP contribution in [0.15, 0.2) is 11.6 Å². The van der Waals surface area contributed by atoms with Gasteiger partial charge in [0.15, 0.2) is 0 Å². The molecule has 0 spiro atoms. The molecule has 0 aliphatic rings. The zero-order chi connectivity index (χ0) is 13.7. The van der Waals surface area contributed by atoms with Crippen molar-refractivity contribution in [2.24, 2.45) is 0 Å². The molecule has 0 aromatic carbocycles. The van der Waals surface area contributed by atoms with Gasteiger partial charge < -0.3 is 5.32 Å². The summed E-state index contributed by atoms with van der Waals surface area (Å²) < 4.78 is 1.85. The second-order valence-electron chi connectivity index (χ2n) is 4.93. The van der Waals surface area contributed by atoms with Crippen LogP contribution in [0.2, 0.25) is 0 Å². The normalized spacial score (nSPS) is 11.4. The maximum absolute atomic E-state index is 4.59. The molecule has 0 radical (unpaired) electrons. The van der Waals surface area contributed by atoms with Gasteiger partial charge >= 0.3 is 0 Å². The van der Waals surface area contributed by atoms with E-state index in [1.165, 1.54) is 5.01 Å². The molecule has 0 atom stereocenters. The minimum Gasteiger partial charge on any atom is -0.309 e. The predicted octanol–water partition coefficient (Wildman–Crippen LogP) is 2.23. The molecule has 2 rings (SSSR count). The van der Waals surface area contributed by atoms with Gasteiger partial charge in [-0.2, -0.15) is 0 Å². The first-order chi connectivity index (χ1) is 9.17. The summed E-state index contributed by atoms with van der Waals surface area (Å²) >= 11 is 1.73. The smallest absolute Gasteiger partial charge is 0.0965 e. The van der Waals surface area contributed by atoms with Crippen molar-refractivity contribution in [3.63, 3.8) is 0 Å². The second kappa shape index (κ2) is 6.77. The summed E-state index contributed by atoms with van der Waals surface area (Å²) in [6.45, 7) is 7.88. The average molecular weight is 279 g/mol. The number of thiazole rings is 1. The molecule has 0 bridgehead atoms. The van der Waals surface area contributed by atoms with Crippen molar-refractivity contribution in [3.8, 4) is 0 Å². The summed E-state index contributed by atoms with van der Waals surface area (Å²) in [6.07, 6.45) is 4.18. The number of nitrogens with one attached hydrogen (secondary N) is 1. The van der Waals surface area contributed by atoms with Crippen LogP contribution in [0.5, 0.6) is 0 Å². The third-order valence-electron chi connectivity index (χ3n) is 2.66. The van der Waals surface area contributed by atoms with E-state index in [-0.39, 0.29) is 0 Å². The lowest BCUT2D eigenvalue weighted by molar-refractivity contribution is 0.580. The fourth-order valence-electron chi connectivity index (χ4n) is 1.72. The molecule has 0 saturated heterocycles. The van der Waals surface area contributed by atoms with Gasteiger partial charge in [0.05, 0.1) is 29.1 Å². The number of aryl methyl sites for hydroxylation is 1. The van der Waals surface area contributed by atoms with Crippen molar-refractivity contribution in [1.82, 2.24) is 25.3 Å². The SMILES string of the molecule is CCCc1nc(Cn2cc(CNC(C)C)nn2)cs1. The Morgan fingerprint density at radius 3 is 2.95 bits per heavy atom. The largest absolute Gasteiger partial charge is 0.309 e. The molecule has 2 aromatic rings. The van der Waals surface area contributed by atoms with Crippen molar-refractivity contribution in [2.45, 2.75) is 52.7 Å². The zero-order valence-electron chi connectivity index (χ0n) is 11.8. The molecular weight excluding hydrogens is 258 g/mol. The number of hydrogen-bond donors (Lipinski definition) is 1. The van der Waals surface area contributed by atoms with Gasteiger partial charge in [-0.25, -0.2) is 9.67 Å². The summed E-state index contributed by atoms with van der Waals surface area (Å²) in [7, 11) is 0. The summed E-state index contributed by atoms with van der Waals surface area (Å²) in [5.74, 6) is 0. The Balaban J connectivity index is 1.91. The minimum absolute atomic E-state index is 0.459. The Hall–Kier alpha value is -1.27. The Kier molecular flexibility index (Phi) is 5.04. The van der Waals surface area contributed by atoms with E-state index in [0.29, 0.717) is 12.6 Å². The summed E-state index contributed by atoms with van der Waals surface area (Å²) in [6, 6.07) is 0.459. The van der Waals surface area contributed by atoms with E-state index in [0.717, 1.165) is 30.8 Å². The molecule has 0 aliphatic heterocycles. The van der Waals surface area contributed by atoms with Crippen LogP contribution in [-0.2, 0) is 19.5 Å². The maximum atomic E-state index is 4.59. The van der Waals surface area contributed by atoms with E-state index in [1.807, 2.05) is 10.9 Å². The van der Waals surface area contributed by atoms with Crippen molar-refractivity contribution >= 4 is 11.3 Å². The molecule has 0 aliphatic carbocycles. The van der Waals surface area contributed by atoms with E-state index in [1.54, 1.807) is 11.3 Å². The summed E-state index contributed by atoms with van der Waals surface area (Å²) in [4.78, 5) is 4.59. The fraction of sp³-hybridized carbons (Fsp3) is 0.615. The first-order valence-corrected chi connectivity index (χ1v) is 7.61. The van der Waals surface area contributed by atoms with E-state index in [9.17, 15) is 0 Å². The van der Waals surface area contributed by atoms with Crippen LogP contribution in [0.25, 0.3) is 0 Å². The average Bonchev–Trinajstić information content (AvgIpc) is 2.98. The van der Waals surface area contributed by atoms with Crippen LogP contribution in [0.4, 0.5) is 0 Å². The Morgan fingerprint density at radius 2 is 2.21 bits per heavy atom. The van der Waals surface area contributed by atoms with Crippen molar-refractivity contribution in [1.29, 1.82) is 0 Å². The first kappa shape index (κ1) is 14.1. The second-order valence-corrected chi connectivity index (χ2v) is 5.87. The third-order valence-corrected chi connectivity index (χ3v) is 3.62. The van der Waals surface area contributed by atoms with Crippen LogP contribution >= 0.6 is 11.3 Å². The van der Waals surface area contributed by atoms with Gasteiger partial charge in [0.25, 0.3) is 0 Å². The quantitative estimate of drug-likeness (QED) is 0.844. The van der Waals surface area contributed by atoms with Crippen molar-refractivity contribution < 1.29 is 0 Å². The van der Waals surface area contributed by atoms with Gasteiger partial charge in [0.1, 0.15) is 0 Å². The molecule has 2 aromatic heterocycles. The van der Waals surface area contributed by atoms with Gasteiger partial charge in [-0.1, -0.05) is 26.0 Å². The van der Waals surface area contributed by atoms with Gasteiger partial charge in [-0.15, -0.1) is 16.4 Å². The molecule has 1 N–H and O–H groups in total. The third kappa shape index (κ3) is 4.40. The van der Waals surface area contributed by atoms with Crippen molar-refractivity contribution in [3.05, 3.63) is 28.0 Å². The van der Waals surface area contributed by atoms with Crippen LogP contribution in [0, 0.1) is 0 Å². The highest BCUT2D eigenvalue weighted by atomic mass is 32.1. The van der Waals surface area contributed by atoms with Gasteiger partial charge in [-0.05, 0) is 12.8 Å². The van der Waals surface area contributed by atoms with Crippen LogP contribution < -0.4 is 5.32 Å². The fourth-order valence-corrected chi connectivity index (χ4v) is 2.61. The Labute approximate surface area is 118 Å². The Morgan fingerprint density at radius 1 is 1.37 bits per heavy atom. The van der Waals surface area contributed by atoms with E-state index < -0.39 is 0 Å². The van der Waals surface area contributed by atoms with E-state index in [2.05, 4.69) is 46.8 Å². The topological polar surface area (TPSA) is 55.6 Å². The molecule has 0 saturated carbocycles. The summed E-state index contributed by atoms with van der Waals surface area (Å²) in [5.41, 5.74) is 2.04. The molecule has 6 heteroatoms. The highest BCUT2D eigenvalue weighted by molar-refractivity contribution is 7.09. The van der Waals surface area contributed by atoms with Gasteiger partial charge in [0, 0.05) is 18.0 Å². The molecule has 0 amide bonds. The molecule has 19 heavy (non-hydrogen) atoms. The summed E-state index contributed by atoms with van der Waals surface area (Å²) in [5, 5.41) is 14.9. The number of nitrogens with zero attached hydrogens (tertiary/aromatic N) is 4. The van der Waals surface area contributed by atoms with Crippen LogP contribution in [0.1, 0.15) is 43.6 Å². The highest BCUT2D eigenvalue weighted by Gasteiger charge is 2.05. The molecule has 0 fully saturated rings. The standard InChI is InChI=1S/C13H21N5S/c1-4-5-13-15-12(9-19-13)8-18-7-11(16-17-18)6-14-10(2)3/h7,9-10,14H,4-6,8H2,1-3H3. The number of rotatable bonds is 7. The van der Waals surface area contributed by atoms with Gasteiger partial charge in [0.2, 0.25) is 0 Å². The lowest BCUT2D eigenvalue weighted by Gasteiger charge is -2.04. The highest BCUT2D eigenvalue weighted by Crippen LogP contribution is 2.12. The minimum atomic E-state index is 0.459. The Bertz CT molecular complexity index is 503. The molecule has 104 valence electrons. The van der Waals surface area contributed by atoms with Crippen LogP contribution in [-0.4, -0.2) is 26.0 Å². The zero-order valence-corrected chi connectivity index (χ0v) is 12.6. The number of aromatic nitrogens is 4. The maximum Gasteiger partial charge on any atom is 0.0965 e. The lowest BCUT2D eigenvalue weighted by atomic mass is 10.3. The van der Waals surface area contributed by atoms with E-state index in [4.69, 9.17) is 0 Å². The van der Waals surface area contributed by atoms with Gasteiger partial charge in [-0.3, -0.25) is 0 Å². The monoisotopic (exact) mass is 279 g/mol. The van der Waals surface area contributed by atoms with Crippen LogP contribution in [0.3, 0.4) is 0 Å².